The second-order valence-corrected chi connectivity index (χ2v) is 7.06. The van der Waals surface area contributed by atoms with Gasteiger partial charge in [-0.05, 0) is 31.3 Å². The Bertz CT molecular complexity index is 199. The van der Waals surface area contributed by atoms with Crippen LogP contribution in [0, 0.1) is 11.3 Å². The third-order valence-corrected chi connectivity index (χ3v) is 3.39. The van der Waals surface area contributed by atoms with Gasteiger partial charge in [0.15, 0.2) is 0 Å². The van der Waals surface area contributed by atoms with Crippen LogP contribution in [0.5, 0.6) is 0 Å². The molecule has 16 heavy (non-hydrogen) atoms. The highest BCUT2D eigenvalue weighted by atomic mass is 15.3. The van der Waals surface area contributed by atoms with Crippen molar-refractivity contribution in [1.82, 2.24) is 9.80 Å². The van der Waals surface area contributed by atoms with Gasteiger partial charge in [-0.2, -0.15) is 0 Å². The molecular formula is C14H30N2. The van der Waals surface area contributed by atoms with Crippen LogP contribution < -0.4 is 0 Å². The molecule has 2 nitrogen and oxygen atoms in total. The summed E-state index contributed by atoms with van der Waals surface area (Å²) in [5, 5.41) is 0. The molecule has 1 aliphatic rings. The monoisotopic (exact) mass is 226 g/mol. The Kier molecular flexibility index (Phi) is 4.81. The minimum Gasteiger partial charge on any atom is -0.301 e. The Hall–Kier alpha value is -0.0800. The van der Waals surface area contributed by atoms with Gasteiger partial charge in [0.1, 0.15) is 0 Å². The molecule has 0 aromatic carbocycles. The third-order valence-electron chi connectivity index (χ3n) is 3.39. The van der Waals surface area contributed by atoms with Crippen molar-refractivity contribution in [3.63, 3.8) is 0 Å². The Morgan fingerprint density at radius 2 is 1.81 bits per heavy atom. The molecule has 0 N–H and O–H groups in total. The molecule has 1 fully saturated rings. The Balaban J connectivity index is 2.13. The fourth-order valence-corrected chi connectivity index (χ4v) is 2.22. The summed E-state index contributed by atoms with van der Waals surface area (Å²) in [7, 11) is 2.27. The number of nitrogens with zero attached hydrogens (tertiary/aromatic N) is 2. The van der Waals surface area contributed by atoms with E-state index in [-0.39, 0.29) is 0 Å². The highest BCUT2D eigenvalue weighted by Gasteiger charge is 2.30. The van der Waals surface area contributed by atoms with Crippen molar-refractivity contribution < 1.29 is 0 Å². The molecule has 1 heterocycles. The van der Waals surface area contributed by atoms with E-state index in [1.54, 1.807) is 0 Å². The highest BCUT2D eigenvalue weighted by molar-refractivity contribution is 4.87. The zero-order valence-electron chi connectivity index (χ0n) is 12.1. The molecular weight excluding hydrogens is 196 g/mol. The van der Waals surface area contributed by atoms with Crippen LogP contribution >= 0.6 is 0 Å². The van der Waals surface area contributed by atoms with Crippen molar-refractivity contribution in [1.29, 1.82) is 0 Å². The quantitative estimate of drug-likeness (QED) is 0.711. The van der Waals surface area contributed by atoms with Crippen LogP contribution in [0.15, 0.2) is 0 Å². The van der Waals surface area contributed by atoms with Gasteiger partial charge in [0.2, 0.25) is 0 Å². The van der Waals surface area contributed by atoms with Gasteiger partial charge >= 0.3 is 0 Å². The maximum absolute atomic E-state index is 2.59. The van der Waals surface area contributed by atoms with Gasteiger partial charge < -0.3 is 9.80 Å². The van der Waals surface area contributed by atoms with Gasteiger partial charge in [-0.1, -0.05) is 34.6 Å². The van der Waals surface area contributed by atoms with Crippen molar-refractivity contribution in [3.05, 3.63) is 0 Å². The zero-order chi connectivity index (χ0) is 12.3. The fraction of sp³-hybridized carbons (Fsp3) is 1.00. The summed E-state index contributed by atoms with van der Waals surface area (Å²) in [5.41, 5.74) is 0.481. The third kappa shape index (κ3) is 4.84. The lowest BCUT2D eigenvalue weighted by Crippen LogP contribution is -2.59. The Morgan fingerprint density at radius 3 is 2.25 bits per heavy atom. The summed E-state index contributed by atoms with van der Waals surface area (Å²) in [5.74, 6) is 0.786. The molecule has 1 rings (SSSR count). The molecule has 0 spiro atoms. The fourth-order valence-electron chi connectivity index (χ4n) is 2.22. The molecule has 2 heteroatoms. The van der Waals surface area contributed by atoms with Crippen LogP contribution in [0.2, 0.25) is 0 Å². The first-order valence-corrected chi connectivity index (χ1v) is 6.70. The summed E-state index contributed by atoms with van der Waals surface area (Å²) in [6.07, 6.45) is 1.31. The molecule has 1 saturated heterocycles. The predicted octanol–water partition coefficient (Wildman–Crippen LogP) is 2.69. The van der Waals surface area contributed by atoms with E-state index in [9.17, 15) is 0 Å². The van der Waals surface area contributed by atoms with Gasteiger partial charge in [-0.25, -0.2) is 0 Å². The molecule has 0 atom stereocenters. The summed E-state index contributed by atoms with van der Waals surface area (Å²) in [6.45, 7) is 16.6. The maximum atomic E-state index is 2.59. The second-order valence-electron chi connectivity index (χ2n) is 7.06. The van der Waals surface area contributed by atoms with Crippen LogP contribution in [-0.2, 0) is 0 Å². The lowest BCUT2D eigenvalue weighted by Gasteiger charge is -2.45. The largest absolute Gasteiger partial charge is 0.301 e. The molecule has 0 aliphatic carbocycles. The minimum atomic E-state index is 0.481. The molecule has 0 aromatic heterocycles. The molecule has 0 radical (unpaired) electrons. The van der Waals surface area contributed by atoms with Crippen LogP contribution in [0.3, 0.4) is 0 Å². The lowest BCUT2D eigenvalue weighted by molar-refractivity contribution is 0.0365. The van der Waals surface area contributed by atoms with Crippen molar-refractivity contribution in [2.45, 2.75) is 47.1 Å². The maximum Gasteiger partial charge on any atom is 0.0347 e. The number of likely N-dealkylation sites (N-methyl/N-ethyl adjacent to an activating group) is 1. The summed E-state index contributed by atoms with van der Waals surface area (Å²) in [6, 6.07) is 0.808. The van der Waals surface area contributed by atoms with E-state index < -0.39 is 0 Å². The van der Waals surface area contributed by atoms with Crippen molar-refractivity contribution >= 4 is 0 Å². The van der Waals surface area contributed by atoms with Crippen molar-refractivity contribution in [3.8, 4) is 0 Å². The van der Waals surface area contributed by atoms with Crippen molar-refractivity contribution in [2.75, 3.05) is 33.2 Å². The molecule has 1 aliphatic heterocycles. The Morgan fingerprint density at radius 1 is 1.25 bits per heavy atom. The highest BCUT2D eigenvalue weighted by Crippen LogP contribution is 2.22. The van der Waals surface area contributed by atoms with Crippen LogP contribution in [0.4, 0.5) is 0 Å². The minimum absolute atomic E-state index is 0.481. The standard InChI is InChI=1S/C14H30N2/c1-12(2)9-15(6)13-10-16(11-13)8-7-14(3,4)5/h12-13H,7-11H2,1-6H3. The average Bonchev–Trinajstić information content (AvgIpc) is 1.96. The van der Waals surface area contributed by atoms with E-state index in [0.29, 0.717) is 5.41 Å². The first-order valence-electron chi connectivity index (χ1n) is 6.70. The number of rotatable bonds is 5. The first kappa shape index (κ1) is 14.0. The van der Waals surface area contributed by atoms with E-state index in [1.165, 1.54) is 32.6 Å². The number of hydrogen-bond acceptors (Lipinski definition) is 2. The smallest absolute Gasteiger partial charge is 0.0347 e. The number of likely N-dealkylation sites (tertiary alicyclic amines) is 1. The molecule has 0 bridgehead atoms. The van der Waals surface area contributed by atoms with E-state index in [1.807, 2.05) is 0 Å². The predicted molar refractivity (Wildman–Crippen MR) is 71.8 cm³/mol. The first-order chi connectivity index (χ1) is 7.28. The van der Waals surface area contributed by atoms with Crippen LogP contribution in [-0.4, -0.2) is 49.1 Å². The van der Waals surface area contributed by atoms with E-state index in [4.69, 9.17) is 0 Å². The number of hydrogen-bond donors (Lipinski definition) is 0. The van der Waals surface area contributed by atoms with E-state index in [2.05, 4.69) is 51.5 Å². The molecule has 0 unspecified atom stereocenters. The second kappa shape index (κ2) is 5.50. The zero-order valence-corrected chi connectivity index (χ0v) is 12.1. The van der Waals surface area contributed by atoms with Gasteiger partial charge in [0.25, 0.3) is 0 Å². The van der Waals surface area contributed by atoms with Gasteiger partial charge in [0.05, 0.1) is 0 Å². The van der Waals surface area contributed by atoms with Gasteiger partial charge in [-0.15, -0.1) is 0 Å². The van der Waals surface area contributed by atoms with E-state index in [0.717, 1.165) is 12.0 Å². The van der Waals surface area contributed by atoms with Gasteiger partial charge in [0, 0.05) is 25.7 Å². The lowest BCUT2D eigenvalue weighted by atomic mass is 9.91. The van der Waals surface area contributed by atoms with Crippen molar-refractivity contribution in [2.24, 2.45) is 11.3 Å². The SMILES string of the molecule is CC(C)CN(C)C1CN(CCC(C)(C)C)C1. The summed E-state index contributed by atoms with van der Waals surface area (Å²) in [4.78, 5) is 5.12. The topological polar surface area (TPSA) is 6.48 Å². The van der Waals surface area contributed by atoms with E-state index >= 15 is 0 Å². The van der Waals surface area contributed by atoms with Gasteiger partial charge in [-0.3, -0.25) is 0 Å². The molecule has 96 valence electrons. The molecule has 0 amide bonds. The Labute approximate surface area is 102 Å². The van der Waals surface area contributed by atoms with Crippen LogP contribution in [0.1, 0.15) is 41.0 Å². The average molecular weight is 226 g/mol. The summed E-state index contributed by atoms with van der Waals surface area (Å²) >= 11 is 0. The summed E-state index contributed by atoms with van der Waals surface area (Å²) < 4.78 is 0. The molecule has 0 saturated carbocycles. The molecule has 0 aromatic rings. The normalized spacial score (nSPS) is 19.5. The van der Waals surface area contributed by atoms with Crippen LogP contribution in [0.25, 0.3) is 0 Å².